The molecule has 1 N–H and O–H groups in total. The number of carbonyl (C=O) groups is 1. The minimum Gasteiger partial charge on any atom is -0.377 e. The van der Waals surface area contributed by atoms with Crippen LogP contribution in [-0.4, -0.2) is 16.5 Å². The SMILES string of the molecule is C=CC1CC2(C)C(CC[C@@]2(O)C#CC)C2CCC3=CC(=O)CCC3=C12. The average Bonchev–Trinajstić information content (AvgIpc) is 2.85. The van der Waals surface area contributed by atoms with E-state index in [1.165, 1.54) is 16.7 Å². The molecule has 2 nitrogen and oxygen atoms in total. The summed E-state index contributed by atoms with van der Waals surface area (Å²) in [6.45, 7) is 8.21. The fourth-order valence-electron chi connectivity index (χ4n) is 6.35. The molecule has 2 saturated carbocycles. The van der Waals surface area contributed by atoms with Gasteiger partial charge in [-0.3, -0.25) is 4.79 Å². The second-order valence-corrected chi connectivity index (χ2v) is 8.56. The maximum atomic E-state index is 11.9. The molecule has 0 aliphatic heterocycles. The lowest BCUT2D eigenvalue weighted by Crippen LogP contribution is -2.51. The van der Waals surface area contributed by atoms with Crippen LogP contribution in [0.3, 0.4) is 0 Å². The van der Waals surface area contributed by atoms with Gasteiger partial charge in [-0.1, -0.05) is 24.5 Å². The predicted molar refractivity (Wildman–Crippen MR) is 99.6 cm³/mol. The van der Waals surface area contributed by atoms with Crippen molar-refractivity contribution in [2.24, 2.45) is 23.2 Å². The smallest absolute Gasteiger partial charge is 0.156 e. The van der Waals surface area contributed by atoms with Crippen LogP contribution in [0.4, 0.5) is 0 Å². The number of fused-ring (bicyclic) bond motifs is 4. The van der Waals surface area contributed by atoms with Crippen LogP contribution in [0.2, 0.25) is 0 Å². The highest BCUT2D eigenvalue weighted by Crippen LogP contribution is 2.64. The van der Waals surface area contributed by atoms with E-state index in [-0.39, 0.29) is 11.2 Å². The van der Waals surface area contributed by atoms with Gasteiger partial charge in [-0.05, 0) is 80.4 Å². The molecule has 4 unspecified atom stereocenters. The van der Waals surface area contributed by atoms with E-state index >= 15 is 0 Å². The van der Waals surface area contributed by atoms with Crippen LogP contribution in [0, 0.1) is 35.0 Å². The highest BCUT2D eigenvalue weighted by atomic mass is 16.3. The van der Waals surface area contributed by atoms with Crippen LogP contribution in [-0.2, 0) is 4.79 Å². The monoisotopic (exact) mass is 336 g/mol. The van der Waals surface area contributed by atoms with Crippen molar-refractivity contribution in [2.75, 3.05) is 0 Å². The number of carbonyl (C=O) groups excluding carboxylic acids is 1. The van der Waals surface area contributed by atoms with Crippen molar-refractivity contribution in [3.8, 4) is 11.8 Å². The molecule has 4 aliphatic rings. The van der Waals surface area contributed by atoms with Crippen molar-refractivity contribution in [1.82, 2.24) is 0 Å². The molecule has 132 valence electrons. The Morgan fingerprint density at radius 3 is 2.84 bits per heavy atom. The molecule has 4 rings (SSSR count). The fourth-order valence-corrected chi connectivity index (χ4v) is 6.35. The Bertz CT molecular complexity index is 759. The molecule has 0 aromatic heterocycles. The summed E-state index contributed by atoms with van der Waals surface area (Å²) < 4.78 is 0. The van der Waals surface area contributed by atoms with Crippen LogP contribution < -0.4 is 0 Å². The number of hydrogen-bond donors (Lipinski definition) is 1. The molecule has 0 radical (unpaired) electrons. The molecule has 0 bridgehead atoms. The highest BCUT2D eigenvalue weighted by Gasteiger charge is 2.62. The van der Waals surface area contributed by atoms with Gasteiger partial charge in [-0.15, -0.1) is 12.5 Å². The van der Waals surface area contributed by atoms with Crippen molar-refractivity contribution >= 4 is 5.78 Å². The number of aliphatic hydroxyl groups is 1. The third kappa shape index (κ3) is 2.25. The Balaban J connectivity index is 1.83. The van der Waals surface area contributed by atoms with Crippen LogP contribution >= 0.6 is 0 Å². The molecular weight excluding hydrogens is 308 g/mol. The maximum absolute atomic E-state index is 11.9. The summed E-state index contributed by atoms with van der Waals surface area (Å²) in [6.07, 6.45) is 10.3. The van der Waals surface area contributed by atoms with Gasteiger partial charge in [0.05, 0.1) is 0 Å². The molecule has 0 aromatic rings. The average molecular weight is 336 g/mol. The Kier molecular flexibility index (Phi) is 3.85. The zero-order valence-electron chi connectivity index (χ0n) is 15.4. The van der Waals surface area contributed by atoms with Crippen molar-refractivity contribution in [3.63, 3.8) is 0 Å². The molecular formula is C23H28O2. The summed E-state index contributed by atoms with van der Waals surface area (Å²) in [5.41, 5.74) is 3.22. The number of rotatable bonds is 1. The second kappa shape index (κ2) is 5.71. The zero-order valence-corrected chi connectivity index (χ0v) is 15.4. The van der Waals surface area contributed by atoms with E-state index < -0.39 is 5.60 Å². The van der Waals surface area contributed by atoms with Gasteiger partial charge in [-0.2, -0.15) is 0 Å². The summed E-state index contributed by atoms with van der Waals surface area (Å²) >= 11 is 0. The van der Waals surface area contributed by atoms with Crippen LogP contribution in [0.5, 0.6) is 0 Å². The fraction of sp³-hybridized carbons (Fsp3) is 0.609. The molecule has 2 fully saturated rings. The van der Waals surface area contributed by atoms with E-state index in [2.05, 4.69) is 31.4 Å². The molecule has 25 heavy (non-hydrogen) atoms. The third-order valence-electron chi connectivity index (χ3n) is 7.54. The van der Waals surface area contributed by atoms with E-state index in [9.17, 15) is 9.90 Å². The molecule has 0 saturated heterocycles. The van der Waals surface area contributed by atoms with Crippen LogP contribution in [0.1, 0.15) is 58.8 Å². The minimum atomic E-state index is -0.872. The van der Waals surface area contributed by atoms with E-state index in [0.717, 1.165) is 38.5 Å². The van der Waals surface area contributed by atoms with Gasteiger partial charge >= 0.3 is 0 Å². The standard InChI is InChI=1S/C23H28O2/c1-4-11-23(25)12-10-20-19-8-6-16-13-17(24)7-9-18(16)21(19)15(5-2)14-22(20,23)3/h5,13,15,19-20,25H,2,6-10,12,14H2,1,3H3/t15?,19?,20?,22?,23-/m0/s1. The van der Waals surface area contributed by atoms with E-state index in [1.54, 1.807) is 0 Å². The second-order valence-electron chi connectivity index (χ2n) is 8.56. The zero-order chi connectivity index (χ0) is 17.8. The van der Waals surface area contributed by atoms with Gasteiger partial charge in [-0.25, -0.2) is 0 Å². The van der Waals surface area contributed by atoms with Crippen molar-refractivity contribution in [1.29, 1.82) is 0 Å². The third-order valence-corrected chi connectivity index (χ3v) is 7.54. The largest absolute Gasteiger partial charge is 0.377 e. The number of allylic oxidation sites excluding steroid dienone is 5. The highest BCUT2D eigenvalue weighted by molar-refractivity contribution is 5.93. The predicted octanol–water partition coefficient (Wildman–Crippen LogP) is 4.36. The minimum absolute atomic E-state index is 0.171. The Morgan fingerprint density at radius 1 is 1.32 bits per heavy atom. The lowest BCUT2D eigenvalue weighted by molar-refractivity contribution is -0.114. The van der Waals surface area contributed by atoms with Crippen molar-refractivity contribution in [3.05, 3.63) is 35.5 Å². The number of hydrogen-bond acceptors (Lipinski definition) is 2. The van der Waals surface area contributed by atoms with Gasteiger partial charge in [0.1, 0.15) is 5.60 Å². The van der Waals surface area contributed by atoms with Gasteiger partial charge in [0, 0.05) is 11.8 Å². The molecule has 0 aromatic carbocycles. The van der Waals surface area contributed by atoms with Crippen LogP contribution in [0.15, 0.2) is 35.5 Å². The van der Waals surface area contributed by atoms with Gasteiger partial charge < -0.3 is 5.11 Å². The molecule has 5 atom stereocenters. The molecule has 0 amide bonds. The van der Waals surface area contributed by atoms with Gasteiger partial charge in [0.15, 0.2) is 5.78 Å². The van der Waals surface area contributed by atoms with Gasteiger partial charge in [0.25, 0.3) is 0 Å². The first kappa shape index (κ1) is 16.9. The number of ketones is 1. The van der Waals surface area contributed by atoms with Gasteiger partial charge in [0.2, 0.25) is 0 Å². The van der Waals surface area contributed by atoms with Crippen LogP contribution in [0.25, 0.3) is 0 Å². The quantitative estimate of drug-likeness (QED) is 0.571. The van der Waals surface area contributed by atoms with Crippen molar-refractivity contribution in [2.45, 2.75) is 64.4 Å². The Labute approximate surface area is 151 Å². The first-order valence-corrected chi connectivity index (χ1v) is 9.69. The van der Waals surface area contributed by atoms with E-state index in [0.29, 0.717) is 24.2 Å². The summed E-state index contributed by atoms with van der Waals surface area (Å²) in [4.78, 5) is 11.9. The topological polar surface area (TPSA) is 37.3 Å². The summed E-state index contributed by atoms with van der Waals surface area (Å²) in [7, 11) is 0. The Morgan fingerprint density at radius 2 is 2.12 bits per heavy atom. The normalized spacial score (nSPS) is 42.6. The summed E-state index contributed by atoms with van der Waals surface area (Å²) in [6, 6.07) is 0. The van der Waals surface area contributed by atoms with Crippen molar-refractivity contribution < 1.29 is 9.90 Å². The van der Waals surface area contributed by atoms with E-state index in [1.807, 2.05) is 13.0 Å². The molecule has 0 heterocycles. The molecule has 0 spiro atoms. The summed E-state index contributed by atoms with van der Waals surface area (Å²) in [5.74, 6) is 7.71. The maximum Gasteiger partial charge on any atom is 0.156 e. The lowest BCUT2D eigenvalue weighted by Gasteiger charge is -2.53. The molecule has 2 heteroatoms. The Hall–Kier alpha value is -1.59. The first-order valence-electron chi connectivity index (χ1n) is 9.69. The van der Waals surface area contributed by atoms with E-state index in [4.69, 9.17) is 0 Å². The lowest BCUT2D eigenvalue weighted by atomic mass is 9.52. The summed E-state index contributed by atoms with van der Waals surface area (Å²) in [5, 5.41) is 11.3. The molecule has 4 aliphatic carbocycles. The first-order chi connectivity index (χ1) is 11.9.